The molecule has 2 aromatic carbocycles. The number of amides is 1. The minimum Gasteiger partial charge on any atom is -0.484 e. The van der Waals surface area contributed by atoms with E-state index in [1.165, 1.54) is 18.4 Å². The van der Waals surface area contributed by atoms with Gasteiger partial charge in [0.25, 0.3) is 11.8 Å². The molecule has 0 bridgehead atoms. The van der Waals surface area contributed by atoms with Gasteiger partial charge in [-0.1, -0.05) is 48.3 Å². The van der Waals surface area contributed by atoms with Gasteiger partial charge < -0.3 is 14.2 Å². The average Bonchev–Trinajstić information content (AvgIpc) is 3.32. The second-order valence-electron chi connectivity index (χ2n) is 8.18. The van der Waals surface area contributed by atoms with E-state index in [0.29, 0.717) is 17.5 Å². The molecule has 0 unspecified atom stereocenters. The maximum absolute atomic E-state index is 12.5. The summed E-state index contributed by atoms with van der Waals surface area (Å²) < 4.78 is 11.1. The fourth-order valence-electron chi connectivity index (χ4n) is 3.69. The van der Waals surface area contributed by atoms with E-state index in [2.05, 4.69) is 22.0 Å². The molecule has 1 aliphatic rings. The van der Waals surface area contributed by atoms with Crippen LogP contribution in [0.3, 0.4) is 0 Å². The van der Waals surface area contributed by atoms with E-state index in [1.807, 2.05) is 60.4 Å². The van der Waals surface area contributed by atoms with Crippen molar-refractivity contribution >= 4 is 5.91 Å². The fraction of sp³-hybridized carbons (Fsp3) is 0.400. The highest BCUT2D eigenvalue weighted by atomic mass is 16.5. The maximum atomic E-state index is 12.5. The van der Waals surface area contributed by atoms with Gasteiger partial charge in [0.15, 0.2) is 6.61 Å². The smallest absolute Gasteiger partial charge is 0.260 e. The third kappa shape index (κ3) is 5.53. The van der Waals surface area contributed by atoms with Gasteiger partial charge in [0.2, 0.25) is 5.82 Å². The number of nitrogens with zero attached hydrogens (tertiary/aromatic N) is 4. The van der Waals surface area contributed by atoms with E-state index >= 15 is 0 Å². The van der Waals surface area contributed by atoms with Crippen LogP contribution in [0.5, 0.6) is 5.75 Å². The predicted octanol–water partition coefficient (Wildman–Crippen LogP) is 4.04. The summed E-state index contributed by atoms with van der Waals surface area (Å²) >= 11 is 0. The van der Waals surface area contributed by atoms with Crippen LogP contribution in [-0.2, 0) is 4.79 Å². The van der Waals surface area contributed by atoms with Gasteiger partial charge in [-0.25, -0.2) is 0 Å². The molecule has 0 aliphatic carbocycles. The van der Waals surface area contributed by atoms with Crippen molar-refractivity contribution in [2.24, 2.45) is 0 Å². The van der Waals surface area contributed by atoms with Crippen LogP contribution < -0.4 is 4.74 Å². The van der Waals surface area contributed by atoms with Gasteiger partial charge in [0.05, 0.1) is 0 Å². The highest BCUT2D eigenvalue weighted by molar-refractivity contribution is 5.78. The summed E-state index contributed by atoms with van der Waals surface area (Å²) in [6.45, 7) is 8.83. The summed E-state index contributed by atoms with van der Waals surface area (Å²) in [5.41, 5.74) is 2.90. The number of unbranched alkanes of at least 4 members (excludes halogenated alkanes) is 1. The maximum Gasteiger partial charge on any atom is 0.260 e. The standard InChI is InChI=1S/C25H30N4O3/c1-3-4-13-28-14-16-29(17-15-28)23(30)18-31-22-11-9-21(10-12-22)25-26-24(27-32-25)20-7-5-19(2)6-8-20/h5-12H,3-4,13-18H2,1-2H3. The molecule has 0 radical (unpaired) electrons. The van der Waals surface area contributed by atoms with Crippen molar-refractivity contribution in [3.05, 3.63) is 54.1 Å². The minimum absolute atomic E-state index is 0.0314. The van der Waals surface area contributed by atoms with Crippen LogP contribution in [0, 0.1) is 6.92 Å². The average molecular weight is 435 g/mol. The molecule has 1 amide bonds. The molecule has 4 rings (SSSR count). The Hall–Kier alpha value is -3.19. The molecule has 32 heavy (non-hydrogen) atoms. The highest BCUT2D eigenvalue weighted by Gasteiger charge is 2.21. The van der Waals surface area contributed by atoms with Crippen LogP contribution in [0.25, 0.3) is 22.8 Å². The first-order chi connectivity index (χ1) is 15.6. The molecular formula is C25H30N4O3. The van der Waals surface area contributed by atoms with Crippen LogP contribution in [0.15, 0.2) is 53.1 Å². The van der Waals surface area contributed by atoms with Gasteiger partial charge in [0.1, 0.15) is 5.75 Å². The lowest BCUT2D eigenvalue weighted by Gasteiger charge is -2.34. The van der Waals surface area contributed by atoms with E-state index in [4.69, 9.17) is 9.26 Å². The first-order valence-corrected chi connectivity index (χ1v) is 11.3. The van der Waals surface area contributed by atoms with Gasteiger partial charge in [-0.15, -0.1) is 0 Å². The minimum atomic E-state index is 0.0314. The van der Waals surface area contributed by atoms with Crippen molar-refractivity contribution in [1.82, 2.24) is 19.9 Å². The molecule has 7 heteroatoms. The number of ether oxygens (including phenoxy) is 1. The van der Waals surface area contributed by atoms with Crippen molar-refractivity contribution in [3.8, 4) is 28.6 Å². The number of rotatable bonds is 8. The van der Waals surface area contributed by atoms with Crippen molar-refractivity contribution in [1.29, 1.82) is 0 Å². The van der Waals surface area contributed by atoms with Crippen LogP contribution in [0.4, 0.5) is 0 Å². The normalized spacial score (nSPS) is 14.5. The molecule has 168 valence electrons. The quantitative estimate of drug-likeness (QED) is 0.533. The number of hydrogen-bond donors (Lipinski definition) is 0. The summed E-state index contributed by atoms with van der Waals surface area (Å²) in [5.74, 6) is 1.68. The Labute approximate surface area is 189 Å². The molecule has 0 N–H and O–H groups in total. The zero-order valence-corrected chi connectivity index (χ0v) is 18.8. The number of piperazine rings is 1. The van der Waals surface area contributed by atoms with Crippen LogP contribution in [0.1, 0.15) is 25.3 Å². The first kappa shape index (κ1) is 22.0. The highest BCUT2D eigenvalue weighted by Crippen LogP contribution is 2.24. The molecule has 1 aromatic heterocycles. The number of carbonyl (C=O) groups excluding carboxylic acids is 1. The summed E-state index contributed by atoms with van der Waals surface area (Å²) in [7, 11) is 0. The molecule has 0 atom stereocenters. The largest absolute Gasteiger partial charge is 0.484 e. The molecule has 3 aromatic rings. The van der Waals surface area contributed by atoms with Crippen LogP contribution in [0.2, 0.25) is 0 Å². The van der Waals surface area contributed by atoms with Crippen molar-refractivity contribution < 1.29 is 14.1 Å². The van der Waals surface area contributed by atoms with E-state index < -0.39 is 0 Å². The second kappa shape index (κ2) is 10.4. The van der Waals surface area contributed by atoms with E-state index in [1.54, 1.807) is 0 Å². The van der Waals surface area contributed by atoms with E-state index in [9.17, 15) is 4.79 Å². The van der Waals surface area contributed by atoms with E-state index in [0.717, 1.165) is 43.9 Å². The number of aryl methyl sites for hydroxylation is 1. The zero-order valence-electron chi connectivity index (χ0n) is 18.8. The molecule has 2 heterocycles. The number of aromatic nitrogens is 2. The molecule has 7 nitrogen and oxygen atoms in total. The lowest BCUT2D eigenvalue weighted by atomic mass is 10.1. The van der Waals surface area contributed by atoms with Gasteiger partial charge in [-0.2, -0.15) is 4.98 Å². The molecule has 0 saturated carbocycles. The summed E-state index contributed by atoms with van der Waals surface area (Å²) in [5, 5.41) is 4.08. The zero-order chi connectivity index (χ0) is 22.3. The SMILES string of the molecule is CCCCN1CCN(C(=O)COc2ccc(-c3nc(-c4ccc(C)cc4)no3)cc2)CC1. The number of hydrogen-bond acceptors (Lipinski definition) is 6. The fourth-order valence-corrected chi connectivity index (χ4v) is 3.69. The van der Waals surface area contributed by atoms with Crippen LogP contribution >= 0.6 is 0 Å². The monoisotopic (exact) mass is 434 g/mol. The first-order valence-electron chi connectivity index (χ1n) is 11.3. The van der Waals surface area contributed by atoms with Gasteiger partial charge in [-0.3, -0.25) is 9.69 Å². The van der Waals surface area contributed by atoms with Gasteiger partial charge >= 0.3 is 0 Å². The molecular weight excluding hydrogens is 404 g/mol. The van der Waals surface area contributed by atoms with Crippen molar-refractivity contribution in [2.75, 3.05) is 39.3 Å². The Kier molecular flexibility index (Phi) is 7.17. The Balaban J connectivity index is 1.28. The molecule has 0 spiro atoms. The van der Waals surface area contributed by atoms with Crippen molar-refractivity contribution in [2.45, 2.75) is 26.7 Å². The summed E-state index contributed by atoms with van der Waals surface area (Å²) in [4.78, 5) is 21.3. The Morgan fingerprint density at radius 3 is 2.38 bits per heavy atom. The van der Waals surface area contributed by atoms with E-state index in [-0.39, 0.29) is 12.5 Å². The van der Waals surface area contributed by atoms with Crippen LogP contribution in [-0.4, -0.2) is 65.2 Å². The lowest BCUT2D eigenvalue weighted by Crippen LogP contribution is -2.50. The Morgan fingerprint density at radius 1 is 1.00 bits per heavy atom. The van der Waals surface area contributed by atoms with Gasteiger partial charge in [-0.05, 0) is 44.2 Å². The van der Waals surface area contributed by atoms with Crippen molar-refractivity contribution in [3.63, 3.8) is 0 Å². The van der Waals surface area contributed by atoms with Gasteiger partial charge in [0, 0.05) is 37.3 Å². The number of carbonyl (C=O) groups is 1. The summed E-state index contributed by atoms with van der Waals surface area (Å²) in [6.07, 6.45) is 2.41. The topological polar surface area (TPSA) is 71.7 Å². The number of benzene rings is 2. The second-order valence-corrected chi connectivity index (χ2v) is 8.18. The lowest BCUT2D eigenvalue weighted by molar-refractivity contribution is -0.135. The molecule has 1 saturated heterocycles. The Bertz CT molecular complexity index is 1010. The third-order valence-electron chi connectivity index (χ3n) is 5.75. The predicted molar refractivity (Wildman–Crippen MR) is 123 cm³/mol. The summed E-state index contributed by atoms with van der Waals surface area (Å²) in [6, 6.07) is 15.3. The molecule has 1 aliphatic heterocycles. The molecule has 1 fully saturated rings. The Morgan fingerprint density at radius 2 is 1.69 bits per heavy atom. The third-order valence-corrected chi connectivity index (χ3v) is 5.75.